The molecule has 0 aliphatic rings. The summed E-state index contributed by atoms with van der Waals surface area (Å²) in [5.41, 5.74) is 1.33. The van der Waals surface area contributed by atoms with Gasteiger partial charge in [-0.05, 0) is 63.1 Å². The zero-order chi connectivity index (χ0) is 15.0. The lowest BCUT2D eigenvalue weighted by Gasteiger charge is -2.23. The zero-order valence-corrected chi connectivity index (χ0v) is 14.1. The van der Waals surface area contributed by atoms with Gasteiger partial charge in [-0.15, -0.1) is 0 Å². The standard InChI is InChI=1S/C17H29ClN2/c1-5-19-17(15-6-8-16(18)9-7-15)11-13-20(4)12-10-14(2)3/h6-9,14,17,19H,5,10-13H2,1-4H3. The second kappa shape index (κ2) is 9.38. The molecule has 0 radical (unpaired) electrons. The molecule has 1 aromatic carbocycles. The van der Waals surface area contributed by atoms with Gasteiger partial charge in [-0.1, -0.05) is 44.5 Å². The average molecular weight is 297 g/mol. The molecule has 0 spiro atoms. The lowest BCUT2D eigenvalue weighted by Crippen LogP contribution is -2.28. The van der Waals surface area contributed by atoms with Crippen LogP contribution >= 0.6 is 11.6 Å². The molecule has 1 unspecified atom stereocenters. The van der Waals surface area contributed by atoms with E-state index in [-0.39, 0.29) is 0 Å². The molecule has 3 heteroatoms. The minimum absolute atomic E-state index is 0.416. The highest BCUT2D eigenvalue weighted by Crippen LogP contribution is 2.19. The summed E-state index contributed by atoms with van der Waals surface area (Å²) in [7, 11) is 2.22. The number of rotatable bonds is 9. The molecular weight excluding hydrogens is 268 g/mol. The first-order chi connectivity index (χ1) is 9.52. The van der Waals surface area contributed by atoms with Gasteiger partial charge >= 0.3 is 0 Å². The van der Waals surface area contributed by atoms with E-state index in [4.69, 9.17) is 11.6 Å². The van der Waals surface area contributed by atoms with E-state index in [1.165, 1.54) is 18.5 Å². The van der Waals surface area contributed by atoms with Gasteiger partial charge in [0.2, 0.25) is 0 Å². The molecule has 0 saturated carbocycles. The van der Waals surface area contributed by atoms with Gasteiger partial charge in [0.05, 0.1) is 0 Å². The van der Waals surface area contributed by atoms with Crippen LogP contribution in [0, 0.1) is 5.92 Å². The van der Waals surface area contributed by atoms with Crippen LogP contribution in [-0.4, -0.2) is 31.6 Å². The van der Waals surface area contributed by atoms with Gasteiger partial charge < -0.3 is 10.2 Å². The molecule has 0 aliphatic carbocycles. The van der Waals surface area contributed by atoms with Crippen molar-refractivity contribution in [2.24, 2.45) is 5.92 Å². The highest BCUT2D eigenvalue weighted by atomic mass is 35.5. The summed E-state index contributed by atoms with van der Waals surface area (Å²) in [6.45, 7) is 10.0. The maximum absolute atomic E-state index is 5.96. The van der Waals surface area contributed by atoms with Crippen molar-refractivity contribution < 1.29 is 0 Å². The Hall–Kier alpha value is -0.570. The summed E-state index contributed by atoms with van der Waals surface area (Å²) >= 11 is 5.96. The van der Waals surface area contributed by atoms with Crippen molar-refractivity contribution in [3.8, 4) is 0 Å². The molecule has 1 N–H and O–H groups in total. The van der Waals surface area contributed by atoms with E-state index in [1.807, 2.05) is 12.1 Å². The lowest BCUT2D eigenvalue weighted by molar-refractivity contribution is 0.290. The molecule has 20 heavy (non-hydrogen) atoms. The number of halogens is 1. The Morgan fingerprint density at radius 1 is 1.10 bits per heavy atom. The number of hydrogen-bond donors (Lipinski definition) is 1. The fraction of sp³-hybridized carbons (Fsp3) is 0.647. The van der Waals surface area contributed by atoms with Crippen LogP contribution in [0.5, 0.6) is 0 Å². The van der Waals surface area contributed by atoms with Crippen molar-refractivity contribution in [1.29, 1.82) is 0 Å². The predicted molar refractivity (Wildman–Crippen MR) is 89.4 cm³/mol. The second-order valence-electron chi connectivity index (χ2n) is 5.94. The Bertz CT molecular complexity index is 362. The number of nitrogens with zero attached hydrogens (tertiary/aromatic N) is 1. The monoisotopic (exact) mass is 296 g/mol. The third-order valence-corrected chi connectivity index (χ3v) is 3.86. The summed E-state index contributed by atoms with van der Waals surface area (Å²) < 4.78 is 0. The number of hydrogen-bond acceptors (Lipinski definition) is 2. The molecule has 0 aromatic heterocycles. The largest absolute Gasteiger partial charge is 0.310 e. The minimum atomic E-state index is 0.416. The highest BCUT2D eigenvalue weighted by molar-refractivity contribution is 6.30. The van der Waals surface area contributed by atoms with Crippen LogP contribution in [0.3, 0.4) is 0 Å². The highest BCUT2D eigenvalue weighted by Gasteiger charge is 2.11. The van der Waals surface area contributed by atoms with Crippen LogP contribution in [-0.2, 0) is 0 Å². The van der Waals surface area contributed by atoms with Crippen LogP contribution in [0.25, 0.3) is 0 Å². The van der Waals surface area contributed by atoms with E-state index in [0.717, 1.165) is 30.5 Å². The van der Waals surface area contributed by atoms with Crippen molar-refractivity contribution in [1.82, 2.24) is 10.2 Å². The molecule has 1 atom stereocenters. The molecule has 114 valence electrons. The average Bonchev–Trinajstić information content (AvgIpc) is 2.42. The third-order valence-electron chi connectivity index (χ3n) is 3.61. The molecule has 0 fully saturated rings. The van der Waals surface area contributed by atoms with Crippen molar-refractivity contribution in [2.45, 2.75) is 39.7 Å². The first-order valence-electron chi connectivity index (χ1n) is 7.70. The maximum Gasteiger partial charge on any atom is 0.0406 e. The van der Waals surface area contributed by atoms with Crippen LogP contribution in [0.1, 0.15) is 45.2 Å². The Kier molecular flexibility index (Phi) is 8.20. The molecule has 0 aliphatic heterocycles. The summed E-state index contributed by atoms with van der Waals surface area (Å²) in [5, 5.41) is 4.37. The molecule has 1 rings (SSSR count). The molecule has 0 amide bonds. The molecule has 0 bridgehead atoms. The number of benzene rings is 1. The third kappa shape index (κ3) is 6.74. The smallest absolute Gasteiger partial charge is 0.0406 e. The van der Waals surface area contributed by atoms with Gasteiger partial charge in [0.1, 0.15) is 0 Å². The lowest BCUT2D eigenvalue weighted by atomic mass is 10.0. The Morgan fingerprint density at radius 3 is 2.25 bits per heavy atom. The maximum atomic E-state index is 5.96. The van der Waals surface area contributed by atoms with E-state index in [0.29, 0.717) is 6.04 Å². The molecular formula is C17H29ClN2. The zero-order valence-electron chi connectivity index (χ0n) is 13.3. The fourth-order valence-corrected chi connectivity index (χ4v) is 2.39. The van der Waals surface area contributed by atoms with Crippen molar-refractivity contribution in [3.05, 3.63) is 34.9 Å². The number of nitrogens with one attached hydrogen (secondary N) is 1. The van der Waals surface area contributed by atoms with Crippen molar-refractivity contribution in [3.63, 3.8) is 0 Å². The van der Waals surface area contributed by atoms with E-state index >= 15 is 0 Å². The van der Waals surface area contributed by atoms with Crippen LogP contribution in [0.4, 0.5) is 0 Å². The van der Waals surface area contributed by atoms with Crippen LogP contribution in [0.15, 0.2) is 24.3 Å². The quantitative estimate of drug-likeness (QED) is 0.728. The topological polar surface area (TPSA) is 15.3 Å². The van der Waals surface area contributed by atoms with E-state index < -0.39 is 0 Å². The van der Waals surface area contributed by atoms with E-state index in [1.54, 1.807) is 0 Å². The summed E-state index contributed by atoms with van der Waals surface area (Å²) in [6.07, 6.45) is 2.40. The molecule has 1 aromatic rings. The fourth-order valence-electron chi connectivity index (χ4n) is 2.27. The summed E-state index contributed by atoms with van der Waals surface area (Å²) in [4.78, 5) is 2.43. The van der Waals surface area contributed by atoms with E-state index in [9.17, 15) is 0 Å². The van der Waals surface area contributed by atoms with Gasteiger partial charge in [0, 0.05) is 11.1 Å². The predicted octanol–water partition coefficient (Wildman–Crippen LogP) is 4.36. The minimum Gasteiger partial charge on any atom is -0.310 e. The van der Waals surface area contributed by atoms with Crippen molar-refractivity contribution in [2.75, 3.05) is 26.7 Å². The first kappa shape index (κ1) is 17.5. The van der Waals surface area contributed by atoms with Crippen LogP contribution < -0.4 is 5.32 Å². The second-order valence-corrected chi connectivity index (χ2v) is 6.37. The van der Waals surface area contributed by atoms with Gasteiger partial charge in [-0.3, -0.25) is 0 Å². The molecule has 0 saturated heterocycles. The molecule has 2 nitrogen and oxygen atoms in total. The van der Waals surface area contributed by atoms with Crippen LogP contribution in [0.2, 0.25) is 5.02 Å². The Balaban J connectivity index is 2.48. The normalized spacial score (nSPS) is 13.2. The molecule has 0 heterocycles. The van der Waals surface area contributed by atoms with Gasteiger partial charge in [-0.2, -0.15) is 0 Å². The van der Waals surface area contributed by atoms with Gasteiger partial charge in [0.25, 0.3) is 0 Å². The summed E-state index contributed by atoms with van der Waals surface area (Å²) in [6, 6.07) is 8.62. The van der Waals surface area contributed by atoms with E-state index in [2.05, 4.69) is 50.2 Å². The summed E-state index contributed by atoms with van der Waals surface area (Å²) in [5.74, 6) is 0.776. The Labute approximate surface area is 129 Å². The van der Waals surface area contributed by atoms with Gasteiger partial charge in [-0.25, -0.2) is 0 Å². The van der Waals surface area contributed by atoms with Gasteiger partial charge in [0.15, 0.2) is 0 Å². The Morgan fingerprint density at radius 2 is 1.70 bits per heavy atom. The van der Waals surface area contributed by atoms with Crippen molar-refractivity contribution >= 4 is 11.6 Å². The SMILES string of the molecule is CCNC(CCN(C)CCC(C)C)c1ccc(Cl)cc1. The first-order valence-corrected chi connectivity index (χ1v) is 8.08.